The van der Waals surface area contributed by atoms with Gasteiger partial charge in [-0.05, 0) is 25.2 Å². The van der Waals surface area contributed by atoms with E-state index in [-0.39, 0.29) is 11.8 Å². The Morgan fingerprint density at radius 2 is 1.81 bits per heavy atom. The molecule has 0 aliphatic heterocycles. The second kappa shape index (κ2) is 8.73. The minimum Gasteiger partial charge on any atom is -0.355 e. The molecule has 0 unspecified atom stereocenters. The first-order valence-corrected chi connectivity index (χ1v) is 9.88. The van der Waals surface area contributed by atoms with Crippen LogP contribution < -0.4 is 5.32 Å². The van der Waals surface area contributed by atoms with Crippen molar-refractivity contribution >= 4 is 15.9 Å². The largest absolute Gasteiger partial charge is 0.355 e. The summed E-state index contributed by atoms with van der Waals surface area (Å²) in [7, 11) is -3.20. The molecule has 1 aliphatic carbocycles. The van der Waals surface area contributed by atoms with Gasteiger partial charge in [0.25, 0.3) is 0 Å². The highest BCUT2D eigenvalue weighted by atomic mass is 32.2. The maximum absolute atomic E-state index is 12.0. The highest BCUT2D eigenvalue weighted by Crippen LogP contribution is 2.23. The summed E-state index contributed by atoms with van der Waals surface area (Å²) in [5.74, 6) is 0.680. The molecule has 0 spiro atoms. The van der Waals surface area contributed by atoms with Gasteiger partial charge >= 0.3 is 0 Å². The summed E-state index contributed by atoms with van der Waals surface area (Å²) >= 11 is 0. The molecule has 0 heterocycles. The second-order valence-electron chi connectivity index (χ2n) is 6.47. The highest BCUT2D eigenvalue weighted by Gasteiger charge is 2.21. The molecule has 1 saturated carbocycles. The van der Waals surface area contributed by atoms with Gasteiger partial charge in [-0.3, -0.25) is 4.79 Å². The minimum absolute atomic E-state index is 0.0898. The Labute approximate surface area is 129 Å². The third-order valence-corrected chi connectivity index (χ3v) is 5.36. The van der Waals surface area contributed by atoms with Gasteiger partial charge in [-0.25, -0.2) is 12.7 Å². The number of rotatable bonds is 8. The number of amides is 1. The SMILES string of the molecule is CC(C)CCN(CCNC(=O)C1CCCCC1)S(C)(=O)=O. The molecule has 1 aliphatic rings. The number of carbonyl (C=O) groups excluding carboxylic acids is 1. The van der Waals surface area contributed by atoms with Crippen LogP contribution in [0.15, 0.2) is 0 Å². The molecule has 124 valence electrons. The van der Waals surface area contributed by atoms with Crippen LogP contribution in [-0.4, -0.2) is 44.5 Å². The molecule has 0 saturated heterocycles. The maximum Gasteiger partial charge on any atom is 0.223 e. The molecule has 21 heavy (non-hydrogen) atoms. The number of hydrogen-bond acceptors (Lipinski definition) is 3. The van der Waals surface area contributed by atoms with Crippen LogP contribution in [0.2, 0.25) is 0 Å². The molecular formula is C15H30N2O3S. The number of sulfonamides is 1. The molecule has 0 aromatic heterocycles. The lowest BCUT2D eigenvalue weighted by atomic mass is 9.89. The molecule has 5 nitrogen and oxygen atoms in total. The van der Waals surface area contributed by atoms with Gasteiger partial charge < -0.3 is 5.32 Å². The van der Waals surface area contributed by atoms with Gasteiger partial charge in [-0.2, -0.15) is 0 Å². The average Bonchev–Trinajstić information content (AvgIpc) is 2.41. The Hall–Kier alpha value is -0.620. The number of nitrogens with zero attached hydrogens (tertiary/aromatic N) is 1. The zero-order valence-corrected chi connectivity index (χ0v) is 14.4. The standard InChI is InChI=1S/C15H30N2O3S/c1-13(2)9-11-17(21(3,19)20)12-10-16-15(18)14-7-5-4-6-8-14/h13-14H,4-12H2,1-3H3,(H,16,18). The van der Waals surface area contributed by atoms with Crippen LogP contribution in [-0.2, 0) is 14.8 Å². The van der Waals surface area contributed by atoms with Crippen LogP contribution in [0.1, 0.15) is 52.4 Å². The van der Waals surface area contributed by atoms with Crippen molar-refractivity contribution in [3.8, 4) is 0 Å². The fourth-order valence-corrected chi connectivity index (χ4v) is 3.52. The Morgan fingerprint density at radius 3 is 2.33 bits per heavy atom. The first-order valence-electron chi connectivity index (χ1n) is 8.03. The summed E-state index contributed by atoms with van der Waals surface area (Å²) in [5, 5.41) is 2.90. The van der Waals surface area contributed by atoms with E-state index in [1.165, 1.54) is 17.0 Å². The molecule has 0 radical (unpaired) electrons. The van der Waals surface area contributed by atoms with E-state index in [1.54, 1.807) is 0 Å². The van der Waals surface area contributed by atoms with E-state index in [9.17, 15) is 13.2 Å². The molecule has 0 aromatic rings. The van der Waals surface area contributed by atoms with Gasteiger partial charge in [0.15, 0.2) is 0 Å². The zero-order valence-electron chi connectivity index (χ0n) is 13.6. The van der Waals surface area contributed by atoms with Gasteiger partial charge in [-0.1, -0.05) is 33.1 Å². The topological polar surface area (TPSA) is 66.5 Å². The van der Waals surface area contributed by atoms with E-state index in [4.69, 9.17) is 0 Å². The van der Waals surface area contributed by atoms with Crippen LogP contribution in [0, 0.1) is 11.8 Å². The monoisotopic (exact) mass is 318 g/mol. The second-order valence-corrected chi connectivity index (χ2v) is 8.45. The fraction of sp³-hybridized carbons (Fsp3) is 0.933. The zero-order chi connectivity index (χ0) is 15.9. The van der Waals surface area contributed by atoms with Gasteiger partial charge in [-0.15, -0.1) is 0 Å². The van der Waals surface area contributed by atoms with E-state index in [1.807, 2.05) is 0 Å². The van der Waals surface area contributed by atoms with E-state index in [2.05, 4.69) is 19.2 Å². The third kappa shape index (κ3) is 7.27. The summed E-state index contributed by atoms with van der Waals surface area (Å²) < 4.78 is 24.9. The fourth-order valence-electron chi connectivity index (χ4n) is 2.66. The molecule has 0 atom stereocenters. The molecule has 1 amide bonds. The minimum atomic E-state index is -3.20. The van der Waals surface area contributed by atoms with Crippen LogP contribution >= 0.6 is 0 Å². The van der Waals surface area contributed by atoms with Gasteiger partial charge in [0.2, 0.25) is 15.9 Å². The lowest BCUT2D eigenvalue weighted by Crippen LogP contribution is -2.40. The Balaban J connectivity index is 2.36. The van der Waals surface area contributed by atoms with Gasteiger partial charge in [0, 0.05) is 25.6 Å². The normalized spacial score (nSPS) is 17.4. The van der Waals surface area contributed by atoms with Crippen molar-refractivity contribution in [3.63, 3.8) is 0 Å². The number of carbonyl (C=O) groups is 1. The van der Waals surface area contributed by atoms with Crippen molar-refractivity contribution in [1.29, 1.82) is 0 Å². The first-order chi connectivity index (χ1) is 9.80. The Kier molecular flexibility index (Phi) is 7.66. The highest BCUT2D eigenvalue weighted by molar-refractivity contribution is 7.88. The molecule has 1 N–H and O–H groups in total. The molecule has 0 bridgehead atoms. The first kappa shape index (κ1) is 18.4. The average molecular weight is 318 g/mol. The molecule has 1 rings (SSSR count). The molecule has 6 heteroatoms. The van der Waals surface area contributed by atoms with Crippen molar-refractivity contribution in [2.24, 2.45) is 11.8 Å². The van der Waals surface area contributed by atoms with Crippen LogP contribution in [0.5, 0.6) is 0 Å². The summed E-state index contributed by atoms with van der Waals surface area (Å²) in [5.41, 5.74) is 0. The summed E-state index contributed by atoms with van der Waals surface area (Å²) in [4.78, 5) is 12.0. The maximum atomic E-state index is 12.0. The Morgan fingerprint density at radius 1 is 1.19 bits per heavy atom. The van der Waals surface area contributed by atoms with Gasteiger partial charge in [0.05, 0.1) is 6.26 Å². The summed E-state index contributed by atoms with van der Waals surface area (Å²) in [6, 6.07) is 0. The van der Waals surface area contributed by atoms with Gasteiger partial charge in [0.1, 0.15) is 0 Å². The summed E-state index contributed by atoms with van der Waals surface area (Å²) in [6.07, 6.45) is 7.48. The van der Waals surface area contributed by atoms with Crippen molar-refractivity contribution in [1.82, 2.24) is 9.62 Å². The van der Waals surface area contributed by atoms with Crippen molar-refractivity contribution < 1.29 is 13.2 Å². The lowest BCUT2D eigenvalue weighted by molar-refractivity contribution is -0.125. The van der Waals surface area contributed by atoms with Crippen LogP contribution in [0.4, 0.5) is 0 Å². The summed E-state index contributed by atoms with van der Waals surface area (Å²) in [6.45, 7) is 5.44. The number of hydrogen-bond donors (Lipinski definition) is 1. The lowest BCUT2D eigenvalue weighted by Gasteiger charge is -2.23. The predicted octanol–water partition coefficient (Wildman–Crippen LogP) is 1.99. The quantitative estimate of drug-likeness (QED) is 0.744. The van der Waals surface area contributed by atoms with E-state index < -0.39 is 10.0 Å². The van der Waals surface area contributed by atoms with Crippen molar-refractivity contribution in [3.05, 3.63) is 0 Å². The van der Waals surface area contributed by atoms with Crippen LogP contribution in [0.3, 0.4) is 0 Å². The van der Waals surface area contributed by atoms with E-state index in [0.29, 0.717) is 25.6 Å². The molecular weight excluding hydrogens is 288 g/mol. The smallest absolute Gasteiger partial charge is 0.223 e. The molecule has 1 fully saturated rings. The predicted molar refractivity (Wildman–Crippen MR) is 85.5 cm³/mol. The van der Waals surface area contributed by atoms with E-state index in [0.717, 1.165) is 32.1 Å². The third-order valence-electron chi connectivity index (χ3n) is 4.06. The Bertz CT molecular complexity index is 415. The van der Waals surface area contributed by atoms with Crippen molar-refractivity contribution in [2.75, 3.05) is 25.9 Å². The molecule has 0 aromatic carbocycles. The number of nitrogens with one attached hydrogen (secondary N) is 1. The van der Waals surface area contributed by atoms with Crippen LogP contribution in [0.25, 0.3) is 0 Å². The van der Waals surface area contributed by atoms with Crippen molar-refractivity contribution in [2.45, 2.75) is 52.4 Å². The van der Waals surface area contributed by atoms with E-state index >= 15 is 0 Å².